The predicted molar refractivity (Wildman–Crippen MR) is 143 cm³/mol. The second-order valence-electron chi connectivity index (χ2n) is 8.22. The van der Waals surface area contributed by atoms with Crippen LogP contribution in [0.1, 0.15) is 27.0 Å². The number of carbonyl (C=O) groups excluding carboxylic acids is 1. The molecule has 0 heterocycles. The van der Waals surface area contributed by atoms with E-state index in [0.29, 0.717) is 11.1 Å². The predicted octanol–water partition coefficient (Wildman–Crippen LogP) is 8.42. The van der Waals surface area contributed by atoms with Crippen molar-refractivity contribution >= 4 is 17.9 Å². The first-order chi connectivity index (χ1) is 16.8. The Bertz CT molecular complexity index is 1390. The van der Waals surface area contributed by atoms with Gasteiger partial charge in [-0.3, -0.25) is 4.79 Å². The summed E-state index contributed by atoms with van der Waals surface area (Å²) in [5, 5.41) is 0. The number of carbonyl (C=O) groups is 1. The molecule has 1 nitrogen and oxygen atoms in total. The van der Waals surface area contributed by atoms with E-state index in [2.05, 4.69) is 84.9 Å². The van der Waals surface area contributed by atoms with E-state index >= 15 is 0 Å². The lowest BCUT2D eigenvalue weighted by molar-refractivity contribution is 0.103. The summed E-state index contributed by atoms with van der Waals surface area (Å²) < 4.78 is 0. The molecule has 0 spiro atoms. The lowest BCUT2D eigenvalue weighted by Gasteiger charge is -2.05. The van der Waals surface area contributed by atoms with Crippen molar-refractivity contribution in [1.29, 1.82) is 0 Å². The molecule has 0 aromatic heterocycles. The molecular weight excluding hydrogens is 412 g/mol. The Morgan fingerprint density at radius 3 is 1.21 bits per heavy atom. The lowest BCUT2D eigenvalue weighted by Crippen LogP contribution is -2.00. The van der Waals surface area contributed by atoms with Crippen LogP contribution < -0.4 is 0 Å². The molecule has 5 aromatic rings. The van der Waals surface area contributed by atoms with Crippen LogP contribution in [0.15, 0.2) is 133 Å². The van der Waals surface area contributed by atoms with Gasteiger partial charge in [-0.1, -0.05) is 146 Å². The zero-order valence-electron chi connectivity index (χ0n) is 18.8. The summed E-state index contributed by atoms with van der Waals surface area (Å²) in [6, 6.07) is 44.7. The van der Waals surface area contributed by atoms with Crippen LogP contribution in [-0.2, 0) is 0 Å². The van der Waals surface area contributed by atoms with Gasteiger partial charge in [0.15, 0.2) is 5.78 Å². The Hall–Kier alpha value is -4.49. The first-order valence-electron chi connectivity index (χ1n) is 11.4. The Morgan fingerprint density at radius 2 is 0.735 bits per heavy atom. The van der Waals surface area contributed by atoms with Gasteiger partial charge in [0.05, 0.1) is 0 Å². The maximum atomic E-state index is 12.6. The minimum Gasteiger partial charge on any atom is -0.289 e. The van der Waals surface area contributed by atoms with Gasteiger partial charge in [0.2, 0.25) is 0 Å². The quantitative estimate of drug-likeness (QED) is 0.193. The molecule has 0 amide bonds. The van der Waals surface area contributed by atoms with Gasteiger partial charge in [0.25, 0.3) is 0 Å². The number of hydrogen-bond acceptors (Lipinski definition) is 1. The summed E-state index contributed by atoms with van der Waals surface area (Å²) in [6.45, 7) is 0. The number of hydrogen-bond donors (Lipinski definition) is 0. The van der Waals surface area contributed by atoms with Gasteiger partial charge in [0, 0.05) is 11.1 Å². The van der Waals surface area contributed by atoms with Crippen LogP contribution in [0, 0.1) is 0 Å². The summed E-state index contributed by atoms with van der Waals surface area (Å²) in [4.78, 5) is 12.6. The van der Waals surface area contributed by atoms with E-state index in [-0.39, 0.29) is 5.78 Å². The minimum atomic E-state index is 0.0458. The highest BCUT2D eigenvalue weighted by Crippen LogP contribution is 2.23. The number of ketones is 1. The molecule has 34 heavy (non-hydrogen) atoms. The average molecular weight is 437 g/mol. The van der Waals surface area contributed by atoms with Crippen molar-refractivity contribution in [2.24, 2.45) is 0 Å². The van der Waals surface area contributed by atoms with Crippen molar-refractivity contribution in [3.8, 4) is 22.3 Å². The molecule has 0 aliphatic carbocycles. The zero-order valence-corrected chi connectivity index (χ0v) is 18.8. The molecule has 0 N–H and O–H groups in total. The normalized spacial score (nSPS) is 10.9. The van der Waals surface area contributed by atoms with Crippen molar-refractivity contribution in [1.82, 2.24) is 0 Å². The highest BCUT2D eigenvalue weighted by atomic mass is 16.1. The first-order valence-corrected chi connectivity index (χ1v) is 11.4. The van der Waals surface area contributed by atoms with Crippen molar-refractivity contribution in [3.63, 3.8) is 0 Å². The smallest absolute Gasteiger partial charge is 0.193 e. The summed E-state index contributed by atoms with van der Waals surface area (Å²) in [5.74, 6) is 0.0458. The number of rotatable bonds is 6. The van der Waals surface area contributed by atoms with Gasteiger partial charge in [-0.25, -0.2) is 0 Å². The third kappa shape index (κ3) is 4.95. The first kappa shape index (κ1) is 21.4. The van der Waals surface area contributed by atoms with Gasteiger partial charge in [-0.05, 0) is 33.4 Å². The van der Waals surface area contributed by atoms with Crippen molar-refractivity contribution in [2.75, 3.05) is 0 Å². The monoisotopic (exact) mass is 436 g/mol. The lowest BCUT2D eigenvalue weighted by atomic mass is 9.98. The molecule has 0 unspecified atom stereocenters. The van der Waals surface area contributed by atoms with Gasteiger partial charge < -0.3 is 0 Å². The van der Waals surface area contributed by atoms with Gasteiger partial charge in [0.1, 0.15) is 0 Å². The maximum absolute atomic E-state index is 12.6. The van der Waals surface area contributed by atoms with Crippen LogP contribution in [0.4, 0.5) is 0 Å². The Labute approximate surface area is 200 Å². The van der Waals surface area contributed by atoms with Gasteiger partial charge in [-0.2, -0.15) is 0 Å². The van der Waals surface area contributed by atoms with E-state index in [9.17, 15) is 4.79 Å². The second kappa shape index (κ2) is 9.97. The maximum Gasteiger partial charge on any atom is 0.193 e. The molecule has 162 valence electrons. The van der Waals surface area contributed by atoms with Crippen LogP contribution in [0.25, 0.3) is 34.4 Å². The molecule has 0 radical (unpaired) electrons. The SMILES string of the molecule is O=C(c1ccccc1)c1ccc(-c2ccc(/C=C/c3ccc(-c4ccccc4)cc3)cc2)cc1. The third-order valence-electron chi connectivity index (χ3n) is 5.91. The summed E-state index contributed by atoms with van der Waals surface area (Å²) in [6.07, 6.45) is 4.26. The largest absolute Gasteiger partial charge is 0.289 e. The molecule has 0 saturated carbocycles. The summed E-state index contributed by atoms with van der Waals surface area (Å²) in [7, 11) is 0. The standard InChI is InChI=1S/C33H24O/c34-33(31-9-5-2-6-10-31)32-23-21-30(22-24-32)29-19-15-26(16-20-29)12-11-25-13-17-28(18-14-25)27-7-3-1-4-8-27/h1-24H/b12-11+. The van der Waals surface area contributed by atoms with Crippen molar-refractivity contribution in [3.05, 3.63) is 156 Å². The molecule has 0 aliphatic heterocycles. The van der Waals surface area contributed by atoms with E-state index in [1.807, 2.05) is 60.7 Å². The second-order valence-corrected chi connectivity index (χ2v) is 8.22. The molecule has 1 heteroatoms. The molecule has 0 atom stereocenters. The third-order valence-corrected chi connectivity index (χ3v) is 5.91. The van der Waals surface area contributed by atoms with Crippen molar-refractivity contribution in [2.45, 2.75) is 0 Å². The zero-order chi connectivity index (χ0) is 23.2. The van der Waals surface area contributed by atoms with Crippen molar-refractivity contribution < 1.29 is 4.79 Å². The Balaban J connectivity index is 1.26. The molecule has 5 aromatic carbocycles. The van der Waals surface area contributed by atoms with E-state index in [1.54, 1.807) is 0 Å². The molecule has 0 fully saturated rings. The van der Waals surface area contributed by atoms with Crippen LogP contribution in [0.2, 0.25) is 0 Å². The van der Waals surface area contributed by atoms with Crippen LogP contribution >= 0.6 is 0 Å². The van der Waals surface area contributed by atoms with Crippen LogP contribution in [-0.4, -0.2) is 5.78 Å². The minimum absolute atomic E-state index is 0.0458. The fraction of sp³-hybridized carbons (Fsp3) is 0. The van der Waals surface area contributed by atoms with Gasteiger partial charge >= 0.3 is 0 Å². The molecule has 0 saturated heterocycles. The molecule has 5 rings (SSSR count). The Morgan fingerprint density at radius 1 is 0.382 bits per heavy atom. The van der Waals surface area contributed by atoms with E-state index < -0.39 is 0 Å². The molecule has 0 bridgehead atoms. The molecular formula is C33H24O. The fourth-order valence-corrected chi connectivity index (χ4v) is 3.97. The summed E-state index contributed by atoms with van der Waals surface area (Å²) in [5.41, 5.74) is 8.40. The van der Waals surface area contributed by atoms with E-state index in [0.717, 1.165) is 16.7 Å². The topological polar surface area (TPSA) is 17.1 Å². The molecule has 0 aliphatic rings. The van der Waals surface area contributed by atoms with Gasteiger partial charge in [-0.15, -0.1) is 0 Å². The summed E-state index contributed by atoms with van der Waals surface area (Å²) >= 11 is 0. The highest BCUT2D eigenvalue weighted by molar-refractivity contribution is 6.09. The van der Waals surface area contributed by atoms with E-state index in [4.69, 9.17) is 0 Å². The van der Waals surface area contributed by atoms with E-state index in [1.165, 1.54) is 16.7 Å². The number of benzene rings is 5. The average Bonchev–Trinajstić information content (AvgIpc) is 2.93. The Kier molecular flexibility index (Phi) is 6.27. The highest BCUT2D eigenvalue weighted by Gasteiger charge is 2.08. The van der Waals surface area contributed by atoms with Crippen LogP contribution in [0.3, 0.4) is 0 Å². The van der Waals surface area contributed by atoms with Crippen LogP contribution in [0.5, 0.6) is 0 Å². The fourth-order valence-electron chi connectivity index (χ4n) is 3.97.